The van der Waals surface area contributed by atoms with Crippen molar-refractivity contribution in [3.8, 4) is 0 Å². The van der Waals surface area contributed by atoms with Gasteiger partial charge in [0.25, 0.3) is 0 Å². The first-order valence-corrected chi connectivity index (χ1v) is 8.79. The molecule has 1 aliphatic rings. The highest BCUT2D eigenvalue weighted by Crippen LogP contribution is 2.33. The number of halogens is 6. The van der Waals surface area contributed by atoms with Gasteiger partial charge in [0.1, 0.15) is 5.82 Å². The fourth-order valence-corrected chi connectivity index (χ4v) is 3.29. The molecule has 1 amide bonds. The number of carbonyl (C=O) groups is 1. The lowest BCUT2D eigenvalue weighted by atomic mass is 9.99. The quantitative estimate of drug-likeness (QED) is 0.618. The number of carbonyl (C=O) groups excluding carboxylic acids is 1. The number of anilines is 3. The van der Waals surface area contributed by atoms with E-state index in [0.29, 0.717) is 18.4 Å². The smallest absolute Gasteiger partial charge is 0.398 e. The molecule has 0 unspecified atom stereocenters. The third kappa shape index (κ3) is 5.81. The van der Waals surface area contributed by atoms with Crippen LogP contribution in [0.1, 0.15) is 24.0 Å². The summed E-state index contributed by atoms with van der Waals surface area (Å²) in [5.74, 6) is 0.0119. The second kappa shape index (κ2) is 10.2. The van der Waals surface area contributed by atoms with Gasteiger partial charge in [-0.15, -0.1) is 24.8 Å². The zero-order valence-corrected chi connectivity index (χ0v) is 17.5. The molecule has 0 spiro atoms. The van der Waals surface area contributed by atoms with Gasteiger partial charge in [0, 0.05) is 37.1 Å². The lowest BCUT2D eigenvalue weighted by Crippen LogP contribution is -2.36. The summed E-state index contributed by atoms with van der Waals surface area (Å²) in [6, 6.07) is 6.30. The van der Waals surface area contributed by atoms with Crippen LogP contribution < -0.4 is 16.0 Å². The zero-order valence-electron chi connectivity index (χ0n) is 15.1. The normalized spacial score (nSPS) is 13.0. The maximum absolute atomic E-state index is 12.6. The summed E-state index contributed by atoms with van der Waals surface area (Å²) in [6.07, 6.45) is -2.00. The van der Waals surface area contributed by atoms with E-state index in [1.165, 1.54) is 0 Å². The van der Waals surface area contributed by atoms with Crippen molar-refractivity contribution in [2.45, 2.75) is 25.4 Å². The monoisotopic (exact) mass is 470 g/mol. The number of aromatic nitrogens is 1. The van der Waals surface area contributed by atoms with Gasteiger partial charge in [0.2, 0.25) is 5.91 Å². The van der Waals surface area contributed by atoms with Gasteiger partial charge in [-0.2, -0.15) is 13.2 Å². The van der Waals surface area contributed by atoms with Gasteiger partial charge < -0.3 is 16.0 Å². The molecule has 0 fully saturated rings. The third-order valence-corrected chi connectivity index (χ3v) is 4.68. The molecule has 1 aromatic heterocycles. The van der Waals surface area contributed by atoms with Crippen LogP contribution in [0.15, 0.2) is 30.5 Å². The van der Waals surface area contributed by atoms with E-state index in [2.05, 4.69) is 10.3 Å². The third-order valence-electron chi connectivity index (χ3n) is 4.39. The molecule has 3 N–H and O–H groups in total. The summed E-state index contributed by atoms with van der Waals surface area (Å²) in [5.41, 5.74) is 7.52. The van der Waals surface area contributed by atoms with Crippen molar-refractivity contribution in [3.63, 3.8) is 0 Å². The van der Waals surface area contributed by atoms with E-state index >= 15 is 0 Å². The zero-order chi connectivity index (χ0) is 19.6. The predicted molar refractivity (Wildman–Crippen MR) is 113 cm³/mol. The van der Waals surface area contributed by atoms with Gasteiger partial charge in [-0.3, -0.25) is 4.79 Å². The molecule has 5 nitrogen and oxygen atoms in total. The van der Waals surface area contributed by atoms with E-state index in [-0.39, 0.29) is 54.5 Å². The largest absolute Gasteiger partial charge is 0.417 e. The van der Waals surface area contributed by atoms with Crippen LogP contribution in [0.3, 0.4) is 0 Å². The lowest BCUT2D eigenvalue weighted by Gasteiger charge is -2.30. The Balaban J connectivity index is 0.00000210. The molecule has 0 aliphatic carbocycles. The van der Waals surface area contributed by atoms with Gasteiger partial charge in [0.05, 0.1) is 10.6 Å². The average molecular weight is 472 g/mol. The Bertz CT molecular complexity index is 865. The van der Waals surface area contributed by atoms with Crippen LogP contribution in [0.25, 0.3) is 0 Å². The number of nitrogen functional groups attached to an aromatic ring is 1. The molecule has 0 atom stereocenters. The van der Waals surface area contributed by atoms with E-state index in [0.717, 1.165) is 30.2 Å². The maximum atomic E-state index is 12.6. The molecule has 2 aromatic rings. The Kier molecular flexibility index (Phi) is 8.86. The highest BCUT2D eigenvalue weighted by Gasteiger charge is 2.31. The average Bonchev–Trinajstić information content (AvgIpc) is 2.62. The molecule has 3 rings (SSSR count). The molecule has 160 valence electrons. The minimum absolute atomic E-state index is 0. The lowest BCUT2D eigenvalue weighted by molar-refractivity contribution is -0.137. The van der Waals surface area contributed by atoms with E-state index in [1.807, 2.05) is 18.2 Å². The molecule has 0 saturated carbocycles. The van der Waals surface area contributed by atoms with E-state index in [1.54, 1.807) is 4.90 Å². The first kappa shape index (κ1) is 25.1. The van der Waals surface area contributed by atoms with Crippen LogP contribution in [0.4, 0.5) is 30.4 Å². The number of alkyl halides is 3. The van der Waals surface area contributed by atoms with Crippen LogP contribution in [0.5, 0.6) is 0 Å². The Morgan fingerprint density at radius 2 is 2.03 bits per heavy atom. The van der Waals surface area contributed by atoms with Gasteiger partial charge >= 0.3 is 6.18 Å². The van der Waals surface area contributed by atoms with E-state index < -0.39 is 11.7 Å². The van der Waals surface area contributed by atoms with Crippen molar-refractivity contribution in [2.24, 2.45) is 0 Å². The predicted octanol–water partition coefficient (Wildman–Crippen LogP) is 4.96. The van der Waals surface area contributed by atoms with E-state index in [4.69, 9.17) is 17.3 Å². The molecule has 2 heterocycles. The maximum Gasteiger partial charge on any atom is 0.417 e. The molecule has 29 heavy (non-hydrogen) atoms. The molecule has 0 saturated heterocycles. The van der Waals surface area contributed by atoms with Crippen LogP contribution in [0, 0.1) is 0 Å². The van der Waals surface area contributed by atoms with Crippen molar-refractivity contribution in [1.29, 1.82) is 0 Å². The van der Waals surface area contributed by atoms with Crippen molar-refractivity contribution in [3.05, 3.63) is 46.6 Å². The summed E-state index contributed by atoms with van der Waals surface area (Å²) < 4.78 is 37.9. The van der Waals surface area contributed by atoms with Crippen molar-refractivity contribution < 1.29 is 18.0 Å². The van der Waals surface area contributed by atoms with Crippen LogP contribution in [0.2, 0.25) is 5.02 Å². The fourth-order valence-electron chi connectivity index (χ4n) is 3.06. The highest BCUT2D eigenvalue weighted by molar-refractivity contribution is 6.33. The molecule has 1 aromatic carbocycles. The number of nitrogens with one attached hydrogen (secondary N) is 1. The number of nitrogens with two attached hydrogens (primary N) is 1. The molecule has 0 bridgehead atoms. The van der Waals surface area contributed by atoms with Crippen LogP contribution in [-0.4, -0.2) is 24.0 Å². The number of hydrogen-bond donors (Lipinski definition) is 2. The van der Waals surface area contributed by atoms with Crippen molar-refractivity contribution >= 4 is 59.5 Å². The SMILES string of the molecule is Cl.Cl.Nc1cccc2c1CCCN2C(=O)CCNc1ncc(C(F)(F)F)cc1Cl. The molecule has 1 aliphatic heterocycles. The Labute approximate surface area is 183 Å². The molecular formula is C18H20Cl3F3N4O. The first-order chi connectivity index (χ1) is 12.8. The number of benzene rings is 1. The standard InChI is InChI=1S/C18H18ClF3N4O.2ClH/c19-13-9-11(18(20,21)22)10-25-17(13)24-7-6-16(27)26-8-2-3-12-14(23)4-1-5-15(12)26;;/h1,4-5,9-10H,2-3,6-8,23H2,(H,24,25);2*1H. The summed E-state index contributed by atoms with van der Waals surface area (Å²) in [7, 11) is 0. The van der Waals surface area contributed by atoms with Crippen molar-refractivity contribution in [2.75, 3.05) is 29.0 Å². The topological polar surface area (TPSA) is 71.2 Å². The first-order valence-electron chi connectivity index (χ1n) is 8.41. The number of hydrogen-bond acceptors (Lipinski definition) is 4. The summed E-state index contributed by atoms with van der Waals surface area (Å²) in [5, 5.41) is 2.67. The number of rotatable bonds is 4. The minimum Gasteiger partial charge on any atom is -0.398 e. The van der Waals surface area contributed by atoms with Crippen LogP contribution in [-0.2, 0) is 17.4 Å². The van der Waals surface area contributed by atoms with Gasteiger partial charge in [0.15, 0.2) is 0 Å². The van der Waals surface area contributed by atoms with Gasteiger partial charge in [-0.25, -0.2) is 4.98 Å². The number of fused-ring (bicyclic) bond motifs is 1. The fraction of sp³-hybridized carbons (Fsp3) is 0.333. The summed E-state index contributed by atoms with van der Waals surface area (Å²) in [4.78, 5) is 18.0. The Morgan fingerprint density at radius 3 is 2.69 bits per heavy atom. The Hall–Kier alpha value is -1.90. The van der Waals surface area contributed by atoms with E-state index in [9.17, 15) is 18.0 Å². The van der Waals surface area contributed by atoms with Crippen molar-refractivity contribution in [1.82, 2.24) is 4.98 Å². The highest BCUT2D eigenvalue weighted by atomic mass is 35.5. The second-order valence-electron chi connectivity index (χ2n) is 6.22. The summed E-state index contributed by atoms with van der Waals surface area (Å²) in [6.45, 7) is 0.805. The van der Waals surface area contributed by atoms with Crippen LogP contribution >= 0.6 is 36.4 Å². The summed E-state index contributed by atoms with van der Waals surface area (Å²) >= 11 is 5.85. The molecule has 11 heteroatoms. The number of pyridine rings is 1. The number of nitrogens with zero attached hydrogens (tertiary/aromatic N) is 2. The number of amides is 1. The molecular weight excluding hydrogens is 452 g/mol. The van der Waals surface area contributed by atoms with Gasteiger partial charge in [-0.1, -0.05) is 17.7 Å². The second-order valence-corrected chi connectivity index (χ2v) is 6.63. The van der Waals surface area contributed by atoms with Gasteiger partial charge in [-0.05, 0) is 36.6 Å². The Morgan fingerprint density at radius 1 is 1.31 bits per heavy atom. The minimum atomic E-state index is -4.51. The molecule has 0 radical (unpaired) electrons.